The highest BCUT2D eigenvalue weighted by molar-refractivity contribution is 5.86. The molecule has 4 nitrogen and oxygen atoms in total. The first-order chi connectivity index (χ1) is 9.24. The average molecular weight is 259 g/mol. The van der Waals surface area contributed by atoms with E-state index in [0.717, 1.165) is 31.6 Å². The zero-order valence-corrected chi connectivity index (χ0v) is 11.0. The molecule has 0 saturated heterocycles. The predicted molar refractivity (Wildman–Crippen MR) is 76.4 cm³/mol. The molecule has 4 N–H and O–H groups in total. The van der Waals surface area contributed by atoms with Gasteiger partial charge in [0.2, 0.25) is 0 Å². The number of aliphatic imine (C=N–C) groups is 1. The SMILES string of the molecule is NCC1CCC2N=C(Cc3ccc(O)cc3)NC2C1. The number of nitrogens with zero attached hydrogens (tertiary/aromatic N) is 1. The summed E-state index contributed by atoms with van der Waals surface area (Å²) in [5.41, 5.74) is 6.95. The molecule has 1 saturated carbocycles. The van der Waals surface area contributed by atoms with Crippen LogP contribution in [0.1, 0.15) is 24.8 Å². The van der Waals surface area contributed by atoms with Crippen LogP contribution >= 0.6 is 0 Å². The summed E-state index contributed by atoms with van der Waals surface area (Å²) in [7, 11) is 0. The Balaban J connectivity index is 1.63. The largest absolute Gasteiger partial charge is 0.508 e. The Morgan fingerprint density at radius 1 is 1.26 bits per heavy atom. The van der Waals surface area contributed by atoms with Gasteiger partial charge in [-0.15, -0.1) is 0 Å². The van der Waals surface area contributed by atoms with Gasteiger partial charge in [0.05, 0.1) is 6.04 Å². The van der Waals surface area contributed by atoms with Crippen LogP contribution in [0, 0.1) is 5.92 Å². The van der Waals surface area contributed by atoms with E-state index in [0.29, 0.717) is 23.8 Å². The monoisotopic (exact) mass is 259 g/mol. The molecule has 19 heavy (non-hydrogen) atoms. The van der Waals surface area contributed by atoms with Crippen LogP contribution < -0.4 is 11.1 Å². The fourth-order valence-electron chi connectivity index (χ4n) is 3.12. The summed E-state index contributed by atoms with van der Waals surface area (Å²) in [4.78, 5) is 4.80. The van der Waals surface area contributed by atoms with Crippen molar-refractivity contribution in [2.45, 2.75) is 37.8 Å². The standard InChI is InChI=1S/C15H21N3O/c16-9-11-3-6-13-14(7-11)18-15(17-13)8-10-1-4-12(19)5-2-10/h1-2,4-5,11,13-14,19H,3,6-9,16H2,(H,17,18). The van der Waals surface area contributed by atoms with Crippen molar-refractivity contribution in [2.75, 3.05) is 6.54 Å². The highest BCUT2D eigenvalue weighted by atomic mass is 16.3. The fourth-order valence-corrected chi connectivity index (χ4v) is 3.12. The Hall–Kier alpha value is -1.55. The first kappa shape index (κ1) is 12.5. The minimum Gasteiger partial charge on any atom is -0.508 e. The summed E-state index contributed by atoms with van der Waals surface area (Å²) in [6, 6.07) is 8.27. The number of hydrogen-bond donors (Lipinski definition) is 3. The molecular formula is C15H21N3O. The van der Waals surface area contributed by atoms with Gasteiger partial charge in [0.15, 0.2) is 0 Å². The van der Waals surface area contributed by atoms with E-state index >= 15 is 0 Å². The summed E-state index contributed by atoms with van der Waals surface area (Å²) in [6.07, 6.45) is 4.32. The molecule has 102 valence electrons. The van der Waals surface area contributed by atoms with Gasteiger partial charge in [-0.05, 0) is 49.4 Å². The van der Waals surface area contributed by atoms with Crippen molar-refractivity contribution in [1.29, 1.82) is 0 Å². The van der Waals surface area contributed by atoms with E-state index in [1.54, 1.807) is 12.1 Å². The summed E-state index contributed by atoms with van der Waals surface area (Å²) < 4.78 is 0. The molecule has 1 aliphatic carbocycles. The van der Waals surface area contributed by atoms with E-state index in [1.165, 1.54) is 12.0 Å². The number of fused-ring (bicyclic) bond motifs is 1. The third-order valence-corrected chi connectivity index (χ3v) is 4.24. The minimum atomic E-state index is 0.310. The molecule has 4 heteroatoms. The second kappa shape index (κ2) is 5.21. The van der Waals surface area contributed by atoms with Gasteiger partial charge in [0.1, 0.15) is 11.6 Å². The third kappa shape index (κ3) is 2.73. The number of hydrogen-bond acceptors (Lipinski definition) is 4. The maximum Gasteiger partial charge on any atom is 0.115 e. The Morgan fingerprint density at radius 3 is 2.79 bits per heavy atom. The molecule has 3 atom stereocenters. The Bertz CT molecular complexity index is 469. The van der Waals surface area contributed by atoms with Crippen LogP contribution in [0.2, 0.25) is 0 Å². The third-order valence-electron chi connectivity index (χ3n) is 4.24. The number of phenolic OH excluding ortho intramolecular Hbond substituents is 1. The van der Waals surface area contributed by atoms with Crippen molar-refractivity contribution in [2.24, 2.45) is 16.6 Å². The van der Waals surface area contributed by atoms with Gasteiger partial charge in [0, 0.05) is 12.5 Å². The maximum atomic E-state index is 9.28. The molecule has 1 heterocycles. The first-order valence-corrected chi connectivity index (χ1v) is 7.06. The quantitative estimate of drug-likeness (QED) is 0.769. The normalized spacial score (nSPS) is 29.5. The highest BCUT2D eigenvalue weighted by Crippen LogP contribution is 2.29. The van der Waals surface area contributed by atoms with Gasteiger partial charge in [-0.25, -0.2) is 0 Å². The first-order valence-electron chi connectivity index (χ1n) is 7.06. The zero-order chi connectivity index (χ0) is 13.2. The van der Waals surface area contributed by atoms with E-state index in [-0.39, 0.29) is 0 Å². The Labute approximate surface area is 113 Å². The predicted octanol–water partition coefficient (Wildman–Crippen LogP) is 1.43. The zero-order valence-electron chi connectivity index (χ0n) is 11.0. The maximum absolute atomic E-state index is 9.28. The fraction of sp³-hybridized carbons (Fsp3) is 0.533. The van der Waals surface area contributed by atoms with Crippen LogP contribution in [0.5, 0.6) is 5.75 Å². The lowest BCUT2D eigenvalue weighted by atomic mass is 9.83. The van der Waals surface area contributed by atoms with Crippen LogP contribution in [0.25, 0.3) is 0 Å². The van der Waals surface area contributed by atoms with E-state index in [2.05, 4.69) is 5.32 Å². The minimum absolute atomic E-state index is 0.310. The molecule has 3 rings (SSSR count). The van der Waals surface area contributed by atoms with Gasteiger partial charge in [-0.2, -0.15) is 0 Å². The summed E-state index contributed by atoms with van der Waals surface area (Å²) in [5.74, 6) is 2.04. The van der Waals surface area contributed by atoms with Gasteiger partial charge < -0.3 is 16.2 Å². The van der Waals surface area contributed by atoms with E-state index in [4.69, 9.17) is 10.7 Å². The lowest BCUT2D eigenvalue weighted by Crippen LogP contribution is -2.41. The number of amidine groups is 1. The lowest BCUT2D eigenvalue weighted by Gasteiger charge is -2.29. The lowest BCUT2D eigenvalue weighted by molar-refractivity contribution is 0.294. The number of benzene rings is 1. The van der Waals surface area contributed by atoms with Gasteiger partial charge in [-0.1, -0.05) is 12.1 Å². The molecule has 1 aromatic rings. The van der Waals surface area contributed by atoms with Gasteiger partial charge >= 0.3 is 0 Å². The van der Waals surface area contributed by atoms with E-state index in [9.17, 15) is 5.11 Å². The molecule has 0 bridgehead atoms. The van der Waals surface area contributed by atoms with Crippen LogP contribution in [0.15, 0.2) is 29.3 Å². The summed E-state index contributed by atoms with van der Waals surface area (Å²) in [6.45, 7) is 0.790. The Morgan fingerprint density at radius 2 is 2.05 bits per heavy atom. The van der Waals surface area contributed by atoms with Gasteiger partial charge in [-0.3, -0.25) is 4.99 Å². The molecule has 1 aromatic carbocycles. The van der Waals surface area contributed by atoms with E-state index in [1.807, 2.05) is 12.1 Å². The molecule has 0 aromatic heterocycles. The summed E-state index contributed by atoms with van der Waals surface area (Å²) in [5, 5.41) is 12.8. The Kier molecular flexibility index (Phi) is 3.42. The number of aromatic hydroxyl groups is 1. The number of rotatable bonds is 3. The second-order valence-corrected chi connectivity index (χ2v) is 5.65. The van der Waals surface area contributed by atoms with Crippen molar-refractivity contribution in [3.63, 3.8) is 0 Å². The number of phenols is 1. The van der Waals surface area contributed by atoms with Crippen LogP contribution in [-0.4, -0.2) is 29.6 Å². The van der Waals surface area contributed by atoms with Crippen molar-refractivity contribution >= 4 is 5.84 Å². The average Bonchev–Trinajstić information content (AvgIpc) is 2.82. The molecule has 1 aliphatic heterocycles. The van der Waals surface area contributed by atoms with Gasteiger partial charge in [0.25, 0.3) is 0 Å². The summed E-state index contributed by atoms with van der Waals surface area (Å²) >= 11 is 0. The number of nitrogens with one attached hydrogen (secondary N) is 1. The molecule has 0 spiro atoms. The van der Waals surface area contributed by atoms with Crippen molar-refractivity contribution in [3.8, 4) is 5.75 Å². The topological polar surface area (TPSA) is 70.6 Å². The molecule has 2 aliphatic rings. The molecule has 0 amide bonds. The molecular weight excluding hydrogens is 238 g/mol. The number of nitrogens with two attached hydrogens (primary N) is 1. The van der Waals surface area contributed by atoms with E-state index < -0.39 is 0 Å². The van der Waals surface area contributed by atoms with Crippen LogP contribution in [0.3, 0.4) is 0 Å². The van der Waals surface area contributed by atoms with Crippen molar-refractivity contribution < 1.29 is 5.11 Å². The smallest absolute Gasteiger partial charge is 0.115 e. The van der Waals surface area contributed by atoms with Crippen molar-refractivity contribution in [3.05, 3.63) is 29.8 Å². The van der Waals surface area contributed by atoms with Crippen molar-refractivity contribution in [1.82, 2.24) is 5.32 Å². The highest BCUT2D eigenvalue weighted by Gasteiger charge is 2.34. The van der Waals surface area contributed by atoms with Crippen LogP contribution in [-0.2, 0) is 6.42 Å². The molecule has 0 radical (unpaired) electrons. The molecule has 1 fully saturated rings. The molecule has 3 unspecified atom stereocenters. The second-order valence-electron chi connectivity index (χ2n) is 5.65. The van der Waals surface area contributed by atoms with Crippen LogP contribution in [0.4, 0.5) is 0 Å².